The van der Waals surface area contributed by atoms with E-state index in [0.29, 0.717) is 29.5 Å². The molecule has 0 saturated carbocycles. The lowest BCUT2D eigenvalue weighted by molar-refractivity contribution is 0.0997. The van der Waals surface area contributed by atoms with Crippen LogP contribution in [0.3, 0.4) is 0 Å². The van der Waals surface area contributed by atoms with Crippen molar-refractivity contribution in [3.05, 3.63) is 46.8 Å². The highest BCUT2D eigenvalue weighted by Gasteiger charge is 2.18. The van der Waals surface area contributed by atoms with Crippen molar-refractivity contribution in [2.24, 2.45) is 4.99 Å². The summed E-state index contributed by atoms with van der Waals surface area (Å²) >= 11 is 1.29. The van der Waals surface area contributed by atoms with Crippen LogP contribution in [-0.2, 0) is 21.1 Å². The summed E-state index contributed by atoms with van der Waals surface area (Å²) in [6, 6.07) is 9.52. The lowest BCUT2D eigenvalue weighted by Gasteiger charge is -2.09. The molecule has 0 bridgehead atoms. The summed E-state index contributed by atoms with van der Waals surface area (Å²) in [5, 5.41) is 0. The van der Waals surface area contributed by atoms with Crippen molar-refractivity contribution in [1.82, 2.24) is 4.57 Å². The van der Waals surface area contributed by atoms with Crippen LogP contribution < -0.4 is 14.3 Å². The van der Waals surface area contributed by atoms with Gasteiger partial charge in [0.05, 0.1) is 31.5 Å². The van der Waals surface area contributed by atoms with Crippen LogP contribution in [0.1, 0.15) is 17.3 Å². The molecular formula is C21H24N2O6S2. The van der Waals surface area contributed by atoms with Crippen molar-refractivity contribution in [3.63, 3.8) is 0 Å². The molecule has 0 aliphatic rings. The number of nitrogens with zero attached hydrogens (tertiary/aromatic N) is 2. The third-order valence-corrected chi connectivity index (χ3v) is 7.55. The SMILES string of the molecule is CCS(=O)(=O)c1cccc(C(=O)N=c2sc3c(OC)ccc(OC)c3n2CCOC)c1. The number of amides is 1. The second-order valence-corrected chi connectivity index (χ2v) is 9.78. The van der Waals surface area contributed by atoms with Gasteiger partial charge in [-0.25, -0.2) is 8.42 Å². The molecule has 1 heterocycles. The van der Waals surface area contributed by atoms with Gasteiger partial charge in [0, 0.05) is 19.2 Å². The first kappa shape index (κ1) is 23.0. The zero-order chi connectivity index (χ0) is 22.6. The zero-order valence-corrected chi connectivity index (χ0v) is 19.4. The number of carbonyl (C=O) groups is 1. The van der Waals surface area contributed by atoms with Crippen molar-refractivity contribution in [1.29, 1.82) is 0 Å². The Kier molecular flexibility index (Phi) is 7.14. The van der Waals surface area contributed by atoms with Gasteiger partial charge in [0.2, 0.25) is 0 Å². The molecule has 0 fully saturated rings. The summed E-state index contributed by atoms with van der Waals surface area (Å²) in [6.45, 7) is 2.40. The van der Waals surface area contributed by atoms with Gasteiger partial charge in [-0.2, -0.15) is 4.99 Å². The van der Waals surface area contributed by atoms with Gasteiger partial charge in [0.25, 0.3) is 5.91 Å². The predicted molar refractivity (Wildman–Crippen MR) is 119 cm³/mol. The molecule has 0 radical (unpaired) electrons. The van der Waals surface area contributed by atoms with Gasteiger partial charge in [0.15, 0.2) is 14.6 Å². The molecule has 0 N–H and O–H groups in total. The maximum Gasteiger partial charge on any atom is 0.279 e. The molecular weight excluding hydrogens is 440 g/mol. The zero-order valence-electron chi connectivity index (χ0n) is 17.7. The first-order valence-electron chi connectivity index (χ1n) is 9.51. The maximum absolute atomic E-state index is 12.9. The van der Waals surface area contributed by atoms with E-state index in [1.807, 2.05) is 4.57 Å². The molecule has 0 aliphatic carbocycles. The first-order chi connectivity index (χ1) is 14.9. The fraction of sp³-hybridized carbons (Fsp3) is 0.333. The van der Waals surface area contributed by atoms with E-state index >= 15 is 0 Å². The highest BCUT2D eigenvalue weighted by Crippen LogP contribution is 2.35. The van der Waals surface area contributed by atoms with E-state index in [-0.39, 0.29) is 16.2 Å². The Hall–Kier alpha value is -2.69. The Bertz CT molecular complexity index is 1270. The summed E-state index contributed by atoms with van der Waals surface area (Å²) in [4.78, 5) is 17.8. The van der Waals surface area contributed by atoms with Gasteiger partial charge in [-0.15, -0.1) is 0 Å². The van der Waals surface area contributed by atoms with Gasteiger partial charge in [0.1, 0.15) is 21.7 Å². The van der Waals surface area contributed by atoms with Crippen LogP contribution >= 0.6 is 11.3 Å². The molecule has 1 amide bonds. The largest absolute Gasteiger partial charge is 0.495 e. The second kappa shape index (κ2) is 9.63. The predicted octanol–water partition coefficient (Wildman–Crippen LogP) is 2.90. The number of ether oxygens (including phenoxy) is 3. The van der Waals surface area contributed by atoms with Crippen molar-refractivity contribution in [2.75, 3.05) is 33.7 Å². The van der Waals surface area contributed by atoms with Crippen molar-refractivity contribution in [3.8, 4) is 11.5 Å². The lowest BCUT2D eigenvalue weighted by Crippen LogP contribution is -2.19. The smallest absolute Gasteiger partial charge is 0.279 e. The highest BCUT2D eigenvalue weighted by atomic mass is 32.2. The minimum absolute atomic E-state index is 0.0469. The van der Waals surface area contributed by atoms with Gasteiger partial charge < -0.3 is 18.8 Å². The number of aromatic nitrogens is 1. The maximum atomic E-state index is 12.9. The first-order valence-corrected chi connectivity index (χ1v) is 12.0. The van der Waals surface area contributed by atoms with Crippen LogP contribution in [0.25, 0.3) is 10.2 Å². The molecule has 1 aromatic heterocycles. The fourth-order valence-corrected chi connectivity index (χ4v) is 5.16. The Morgan fingerprint density at radius 2 is 1.81 bits per heavy atom. The van der Waals surface area contributed by atoms with Gasteiger partial charge in [-0.3, -0.25) is 4.79 Å². The van der Waals surface area contributed by atoms with Crippen molar-refractivity contribution in [2.45, 2.75) is 18.4 Å². The average Bonchev–Trinajstić information content (AvgIpc) is 3.14. The van der Waals surface area contributed by atoms with Crippen LogP contribution in [0.15, 0.2) is 46.3 Å². The van der Waals surface area contributed by atoms with Crippen LogP contribution in [0.4, 0.5) is 0 Å². The standard InChI is InChI=1S/C21H24N2O6S2/c1-5-31(25,26)15-8-6-7-14(13-15)20(24)22-21-23(11-12-27-2)18-16(28-3)9-10-17(29-4)19(18)30-21/h6-10,13H,5,11-12H2,1-4H3. The minimum Gasteiger partial charge on any atom is -0.495 e. The molecule has 0 atom stereocenters. The van der Waals surface area contributed by atoms with E-state index in [1.54, 1.807) is 52.5 Å². The van der Waals surface area contributed by atoms with E-state index in [9.17, 15) is 13.2 Å². The number of fused-ring (bicyclic) bond motifs is 1. The van der Waals surface area contributed by atoms with Crippen molar-refractivity contribution >= 4 is 37.3 Å². The third-order valence-electron chi connectivity index (χ3n) is 4.73. The monoisotopic (exact) mass is 464 g/mol. The number of thiazole rings is 1. The molecule has 10 heteroatoms. The highest BCUT2D eigenvalue weighted by molar-refractivity contribution is 7.91. The minimum atomic E-state index is -3.43. The number of sulfone groups is 1. The van der Waals surface area contributed by atoms with E-state index in [0.717, 1.165) is 10.2 Å². The quantitative estimate of drug-likeness (QED) is 0.509. The lowest BCUT2D eigenvalue weighted by atomic mass is 10.2. The summed E-state index contributed by atoms with van der Waals surface area (Å²) in [5.74, 6) is 0.670. The Morgan fingerprint density at radius 3 is 2.45 bits per heavy atom. The third kappa shape index (κ3) is 4.65. The number of methoxy groups -OCH3 is 3. The normalized spacial score (nSPS) is 12.3. The van der Waals surface area contributed by atoms with E-state index < -0.39 is 15.7 Å². The number of benzene rings is 2. The molecule has 0 spiro atoms. The molecule has 0 unspecified atom stereocenters. The molecule has 0 aliphatic heterocycles. The molecule has 2 aromatic carbocycles. The second-order valence-electron chi connectivity index (χ2n) is 6.53. The van der Waals surface area contributed by atoms with Crippen LogP contribution in [0.2, 0.25) is 0 Å². The molecule has 0 saturated heterocycles. The van der Waals surface area contributed by atoms with Gasteiger partial charge in [-0.05, 0) is 30.3 Å². The Balaban J connectivity index is 2.20. The Labute approximate surface area is 184 Å². The molecule has 3 aromatic rings. The van der Waals surface area contributed by atoms with Crippen LogP contribution in [0, 0.1) is 0 Å². The van der Waals surface area contributed by atoms with Gasteiger partial charge >= 0.3 is 0 Å². The topological polar surface area (TPSA) is 96.2 Å². The molecule has 31 heavy (non-hydrogen) atoms. The fourth-order valence-electron chi connectivity index (χ4n) is 3.07. The van der Waals surface area contributed by atoms with E-state index in [4.69, 9.17) is 14.2 Å². The summed E-state index contributed by atoms with van der Waals surface area (Å²) < 4.78 is 43.2. The number of hydrogen-bond donors (Lipinski definition) is 0. The van der Waals surface area contributed by atoms with E-state index in [1.165, 1.54) is 23.5 Å². The summed E-state index contributed by atoms with van der Waals surface area (Å²) in [7, 11) is 1.30. The van der Waals surface area contributed by atoms with E-state index in [2.05, 4.69) is 4.99 Å². The molecule has 166 valence electrons. The number of carbonyl (C=O) groups excluding carboxylic acids is 1. The van der Waals surface area contributed by atoms with Gasteiger partial charge in [-0.1, -0.05) is 24.3 Å². The molecule has 3 rings (SSSR count). The molecule has 8 nitrogen and oxygen atoms in total. The van der Waals surface area contributed by atoms with Crippen molar-refractivity contribution < 1.29 is 27.4 Å². The van der Waals surface area contributed by atoms with Crippen LogP contribution in [-0.4, -0.2) is 52.6 Å². The average molecular weight is 465 g/mol. The Morgan fingerprint density at radius 1 is 1.10 bits per heavy atom. The summed E-state index contributed by atoms with van der Waals surface area (Å²) in [6.07, 6.45) is 0. The number of hydrogen-bond acceptors (Lipinski definition) is 7. The van der Waals surface area contributed by atoms with Crippen LogP contribution in [0.5, 0.6) is 11.5 Å². The summed E-state index contributed by atoms with van der Waals surface area (Å²) in [5.41, 5.74) is 0.946. The number of rotatable bonds is 8.